The van der Waals surface area contributed by atoms with Gasteiger partial charge in [0.1, 0.15) is 11.5 Å². The predicted octanol–water partition coefficient (Wildman–Crippen LogP) is 3.85. The lowest BCUT2D eigenvalue weighted by Gasteiger charge is -2.22. The number of carbonyl (C=O) groups excluding carboxylic acids is 1. The highest BCUT2D eigenvalue weighted by molar-refractivity contribution is 7.89. The maximum Gasteiger partial charge on any atom is 0.337 e. The van der Waals surface area contributed by atoms with Crippen molar-refractivity contribution in [3.8, 4) is 0 Å². The Labute approximate surface area is 165 Å². The molecule has 150 valence electrons. The predicted molar refractivity (Wildman–Crippen MR) is 103 cm³/mol. The van der Waals surface area contributed by atoms with Gasteiger partial charge < -0.3 is 9.15 Å². The molecular weight excluding hydrogens is 378 g/mol. The molecule has 0 radical (unpaired) electrons. The van der Waals surface area contributed by atoms with Crippen LogP contribution in [-0.2, 0) is 21.3 Å². The first-order valence-corrected chi connectivity index (χ1v) is 11.0. The molecule has 0 aliphatic heterocycles. The molecule has 0 bridgehead atoms. The quantitative estimate of drug-likeness (QED) is 0.656. The van der Waals surface area contributed by atoms with Gasteiger partial charge in [-0.3, -0.25) is 0 Å². The van der Waals surface area contributed by atoms with Gasteiger partial charge in [0, 0.05) is 12.0 Å². The fraction of sp³-hybridized carbons (Fsp3) is 0.476. The zero-order valence-corrected chi connectivity index (χ0v) is 17.2. The smallest absolute Gasteiger partial charge is 0.337 e. The third-order valence-corrected chi connectivity index (χ3v) is 7.66. The van der Waals surface area contributed by atoms with Gasteiger partial charge in [-0.2, -0.15) is 4.31 Å². The summed E-state index contributed by atoms with van der Waals surface area (Å²) in [4.78, 5) is 12.0. The summed E-state index contributed by atoms with van der Waals surface area (Å²) in [6.45, 7) is 4.12. The van der Waals surface area contributed by atoms with Crippen molar-refractivity contribution in [1.29, 1.82) is 0 Å². The molecule has 2 aromatic rings. The summed E-state index contributed by atoms with van der Waals surface area (Å²) in [7, 11) is -2.49. The van der Waals surface area contributed by atoms with Crippen molar-refractivity contribution < 1.29 is 22.4 Å². The van der Waals surface area contributed by atoms with E-state index >= 15 is 0 Å². The van der Waals surface area contributed by atoms with E-state index in [-0.39, 0.29) is 23.0 Å². The van der Waals surface area contributed by atoms with Crippen LogP contribution in [0.3, 0.4) is 0 Å². The molecule has 1 aromatic carbocycles. The minimum absolute atomic E-state index is 0.0282. The molecule has 1 heterocycles. The van der Waals surface area contributed by atoms with Crippen LogP contribution in [0.15, 0.2) is 39.6 Å². The Bertz CT molecular complexity index is 1010. The van der Waals surface area contributed by atoms with E-state index in [1.54, 1.807) is 19.1 Å². The second-order valence-electron chi connectivity index (χ2n) is 7.88. The average molecular weight is 404 g/mol. The van der Waals surface area contributed by atoms with Crippen LogP contribution < -0.4 is 0 Å². The number of esters is 1. The lowest BCUT2D eigenvalue weighted by molar-refractivity contribution is 0.0600. The largest absolute Gasteiger partial charge is 0.465 e. The van der Waals surface area contributed by atoms with Crippen molar-refractivity contribution in [1.82, 2.24) is 4.31 Å². The Kier molecular flexibility index (Phi) is 4.83. The van der Waals surface area contributed by atoms with Crippen molar-refractivity contribution in [2.45, 2.75) is 56.5 Å². The number of nitrogens with zero attached hydrogens (tertiary/aromatic N) is 1. The highest BCUT2D eigenvalue weighted by atomic mass is 32.2. The van der Waals surface area contributed by atoms with Crippen LogP contribution in [0.5, 0.6) is 0 Å². The first kappa shape index (κ1) is 19.2. The van der Waals surface area contributed by atoms with Crippen molar-refractivity contribution in [2.75, 3.05) is 7.11 Å². The number of hydrogen-bond acceptors (Lipinski definition) is 5. The highest BCUT2D eigenvalue weighted by Gasteiger charge is 2.40. The lowest BCUT2D eigenvalue weighted by Crippen LogP contribution is -2.33. The number of rotatable bonds is 7. The molecule has 1 aromatic heterocycles. The summed E-state index contributed by atoms with van der Waals surface area (Å²) >= 11 is 0. The maximum absolute atomic E-state index is 13.4. The first-order valence-electron chi connectivity index (χ1n) is 9.60. The number of hydrogen-bond donors (Lipinski definition) is 0. The van der Waals surface area contributed by atoms with Gasteiger partial charge in [0.05, 0.1) is 24.1 Å². The SMILES string of the molecule is COC(=O)c1ccc(C)c(S(=O)(=O)N(Cc2ccc(C3CC3C)o2)C2CC2)c1. The summed E-state index contributed by atoms with van der Waals surface area (Å²) in [5.41, 5.74) is 0.829. The van der Waals surface area contributed by atoms with E-state index in [1.165, 1.54) is 17.5 Å². The van der Waals surface area contributed by atoms with E-state index in [4.69, 9.17) is 9.15 Å². The van der Waals surface area contributed by atoms with Gasteiger partial charge in [0.25, 0.3) is 0 Å². The van der Waals surface area contributed by atoms with Gasteiger partial charge in [-0.1, -0.05) is 13.0 Å². The second-order valence-corrected chi connectivity index (χ2v) is 9.74. The van der Waals surface area contributed by atoms with Gasteiger partial charge in [-0.15, -0.1) is 0 Å². The summed E-state index contributed by atoms with van der Waals surface area (Å²) in [5, 5.41) is 0. The van der Waals surface area contributed by atoms with E-state index in [1.807, 2.05) is 12.1 Å². The standard InChI is InChI=1S/C21H25NO5S/c1-13-4-5-15(21(23)26-3)11-20(13)28(24,25)22(16-6-7-16)12-17-8-9-19(27-17)18-10-14(18)2/h4-5,8-9,11,14,16,18H,6-7,10,12H2,1-3H3. The Morgan fingerprint density at radius 2 is 1.96 bits per heavy atom. The van der Waals surface area contributed by atoms with E-state index in [0.717, 1.165) is 25.0 Å². The van der Waals surface area contributed by atoms with Crippen molar-refractivity contribution in [3.05, 3.63) is 53.0 Å². The monoisotopic (exact) mass is 403 g/mol. The Hall–Kier alpha value is -2.12. The van der Waals surface area contributed by atoms with Crippen LogP contribution in [0, 0.1) is 12.8 Å². The topological polar surface area (TPSA) is 76.8 Å². The molecule has 2 aliphatic rings. The second kappa shape index (κ2) is 7.04. The average Bonchev–Trinajstić information content (AvgIpc) is 3.59. The number of carbonyl (C=O) groups is 1. The van der Waals surface area contributed by atoms with Crippen LogP contribution in [0.4, 0.5) is 0 Å². The highest BCUT2D eigenvalue weighted by Crippen LogP contribution is 2.47. The van der Waals surface area contributed by atoms with Crippen molar-refractivity contribution >= 4 is 16.0 Å². The summed E-state index contributed by atoms with van der Waals surface area (Å²) in [6, 6.07) is 8.44. The number of aryl methyl sites for hydroxylation is 1. The van der Waals surface area contributed by atoms with Crippen LogP contribution in [0.1, 0.15) is 59.5 Å². The van der Waals surface area contributed by atoms with E-state index in [9.17, 15) is 13.2 Å². The molecule has 2 aliphatic carbocycles. The molecule has 2 atom stereocenters. The van der Waals surface area contributed by atoms with Gasteiger partial charge in [0.15, 0.2) is 0 Å². The normalized spacial score (nSPS) is 21.7. The minimum atomic E-state index is -3.77. The van der Waals surface area contributed by atoms with Gasteiger partial charge >= 0.3 is 5.97 Å². The fourth-order valence-electron chi connectivity index (χ4n) is 3.57. The number of ether oxygens (including phenoxy) is 1. The van der Waals surface area contributed by atoms with Crippen molar-refractivity contribution in [2.24, 2.45) is 5.92 Å². The number of furan rings is 1. The molecule has 28 heavy (non-hydrogen) atoms. The van der Waals surface area contributed by atoms with Gasteiger partial charge in [-0.05, 0) is 61.9 Å². The van der Waals surface area contributed by atoms with Crippen molar-refractivity contribution in [3.63, 3.8) is 0 Å². The van der Waals surface area contributed by atoms with Crippen LogP contribution >= 0.6 is 0 Å². The maximum atomic E-state index is 13.4. The van der Waals surface area contributed by atoms with E-state index < -0.39 is 16.0 Å². The molecular formula is C21H25NO5S. The molecule has 0 amide bonds. The lowest BCUT2D eigenvalue weighted by atomic mass is 10.1. The molecule has 2 unspecified atom stereocenters. The van der Waals surface area contributed by atoms with Crippen LogP contribution in [-0.4, -0.2) is 31.8 Å². The Balaban J connectivity index is 1.64. The number of benzene rings is 1. The minimum Gasteiger partial charge on any atom is -0.465 e. The summed E-state index contributed by atoms with van der Waals surface area (Å²) < 4.78 is 39.1. The zero-order chi connectivity index (χ0) is 20.1. The van der Waals surface area contributed by atoms with E-state index in [0.29, 0.717) is 23.2 Å². The summed E-state index contributed by atoms with van der Waals surface area (Å²) in [5.74, 6) is 2.14. The Morgan fingerprint density at radius 1 is 1.25 bits per heavy atom. The zero-order valence-electron chi connectivity index (χ0n) is 16.3. The van der Waals surface area contributed by atoms with Gasteiger partial charge in [0.2, 0.25) is 10.0 Å². The molecule has 4 rings (SSSR count). The molecule has 2 saturated carbocycles. The van der Waals surface area contributed by atoms with Crippen LogP contribution in [0.25, 0.3) is 0 Å². The van der Waals surface area contributed by atoms with Crippen LogP contribution in [0.2, 0.25) is 0 Å². The first-order chi connectivity index (χ1) is 13.3. The van der Waals surface area contributed by atoms with Gasteiger partial charge in [-0.25, -0.2) is 13.2 Å². The molecule has 7 heteroatoms. The third kappa shape index (κ3) is 3.61. The molecule has 0 saturated heterocycles. The fourth-order valence-corrected chi connectivity index (χ4v) is 5.48. The number of sulfonamides is 1. The summed E-state index contributed by atoms with van der Waals surface area (Å²) in [6.07, 6.45) is 2.79. The molecule has 2 fully saturated rings. The van der Waals surface area contributed by atoms with E-state index in [2.05, 4.69) is 6.92 Å². The molecule has 0 spiro atoms. The third-order valence-electron chi connectivity index (χ3n) is 5.62. The Morgan fingerprint density at radius 3 is 2.57 bits per heavy atom. The number of methoxy groups -OCH3 is 1. The molecule has 6 nitrogen and oxygen atoms in total. The molecule has 0 N–H and O–H groups in total.